The van der Waals surface area contributed by atoms with Gasteiger partial charge in [0.2, 0.25) is 0 Å². The second kappa shape index (κ2) is 10.4. The number of nitrogens with zero attached hydrogens (tertiary/aromatic N) is 6. The number of hydrogen-bond donors (Lipinski definition) is 1. The molecule has 1 aliphatic heterocycles. The molecular formula is C24H32F2N6O4. The Hall–Kier alpha value is -3.31. The molecule has 1 saturated heterocycles. The molecular weight excluding hydrogens is 474 g/mol. The van der Waals surface area contributed by atoms with Gasteiger partial charge in [-0.3, -0.25) is 4.79 Å². The van der Waals surface area contributed by atoms with Gasteiger partial charge >= 0.3 is 12.1 Å². The summed E-state index contributed by atoms with van der Waals surface area (Å²) in [7, 11) is 3.14. The molecule has 10 nitrogen and oxygen atoms in total. The molecule has 196 valence electrons. The number of carboxylic acids is 1. The third-order valence-electron chi connectivity index (χ3n) is 7.03. The maximum absolute atomic E-state index is 13.2. The molecule has 3 heterocycles. The minimum atomic E-state index is -2.72. The summed E-state index contributed by atoms with van der Waals surface area (Å²) in [6.45, 7) is 3.40. The molecule has 0 radical (unpaired) electrons. The van der Waals surface area contributed by atoms with E-state index in [1.807, 2.05) is 19.1 Å². The first-order valence-corrected chi connectivity index (χ1v) is 12.2. The van der Waals surface area contributed by atoms with Gasteiger partial charge in [-0.05, 0) is 37.3 Å². The number of piperidine rings is 1. The van der Waals surface area contributed by atoms with Crippen molar-refractivity contribution in [3.63, 3.8) is 0 Å². The standard InChI is InChI=1S/C24H32F2N6O4/c1-4-17-19(32-9-5-6-15(13-32)10-21(33)34)8-7-18(27-17)22-20(31(3)29-28-22)14-36-23(35)30(2)16-11-24(25,26)12-16/h7-8,15-16H,4-6,9-14H2,1-3H3,(H,33,34). The highest BCUT2D eigenvalue weighted by Gasteiger charge is 2.48. The van der Waals surface area contributed by atoms with Crippen LogP contribution in [0.1, 0.15) is 50.4 Å². The zero-order valence-electron chi connectivity index (χ0n) is 20.8. The number of rotatable bonds is 8. The van der Waals surface area contributed by atoms with Gasteiger partial charge in [0, 0.05) is 52.5 Å². The summed E-state index contributed by atoms with van der Waals surface area (Å²) < 4.78 is 33.2. The minimum absolute atomic E-state index is 0.103. The quantitative estimate of drug-likeness (QED) is 0.579. The Morgan fingerprint density at radius 3 is 2.72 bits per heavy atom. The molecule has 1 amide bonds. The average Bonchev–Trinajstić information content (AvgIpc) is 3.19. The monoisotopic (exact) mass is 506 g/mol. The van der Waals surface area contributed by atoms with Crippen LogP contribution in [0, 0.1) is 5.92 Å². The van der Waals surface area contributed by atoms with Crippen LogP contribution in [-0.2, 0) is 29.6 Å². The van der Waals surface area contributed by atoms with E-state index in [4.69, 9.17) is 9.72 Å². The van der Waals surface area contributed by atoms with Crippen molar-refractivity contribution in [2.75, 3.05) is 25.0 Å². The summed E-state index contributed by atoms with van der Waals surface area (Å²) in [6, 6.07) is 3.27. The van der Waals surface area contributed by atoms with Crippen molar-refractivity contribution in [3.8, 4) is 11.4 Å². The van der Waals surface area contributed by atoms with Crippen LogP contribution < -0.4 is 4.90 Å². The molecule has 1 unspecified atom stereocenters. The van der Waals surface area contributed by atoms with E-state index in [1.54, 1.807) is 7.05 Å². The second-order valence-corrected chi connectivity index (χ2v) is 9.66. The Bertz CT molecular complexity index is 1120. The van der Waals surface area contributed by atoms with Crippen molar-refractivity contribution in [2.24, 2.45) is 13.0 Å². The van der Waals surface area contributed by atoms with Gasteiger partial charge in [-0.25, -0.2) is 23.2 Å². The second-order valence-electron chi connectivity index (χ2n) is 9.66. The molecule has 0 aromatic carbocycles. The van der Waals surface area contributed by atoms with E-state index in [2.05, 4.69) is 15.2 Å². The van der Waals surface area contributed by atoms with Crippen molar-refractivity contribution in [1.29, 1.82) is 0 Å². The summed E-state index contributed by atoms with van der Waals surface area (Å²) in [5.41, 5.74) is 3.44. The molecule has 12 heteroatoms. The number of halogens is 2. The van der Waals surface area contributed by atoms with Crippen LogP contribution in [0.15, 0.2) is 12.1 Å². The number of carbonyl (C=O) groups is 2. The number of aryl methyl sites for hydroxylation is 2. The van der Waals surface area contributed by atoms with Gasteiger partial charge in [0.15, 0.2) is 0 Å². The number of carbonyl (C=O) groups excluding carboxylic acids is 1. The number of ether oxygens (including phenoxy) is 1. The number of carboxylic acid groups (broad SMARTS) is 1. The maximum Gasteiger partial charge on any atom is 0.410 e. The Morgan fingerprint density at radius 1 is 1.31 bits per heavy atom. The predicted molar refractivity (Wildman–Crippen MR) is 127 cm³/mol. The zero-order valence-corrected chi connectivity index (χ0v) is 20.8. The van der Waals surface area contributed by atoms with Crippen molar-refractivity contribution >= 4 is 17.7 Å². The van der Waals surface area contributed by atoms with Crippen LogP contribution in [0.2, 0.25) is 0 Å². The number of anilines is 1. The highest BCUT2D eigenvalue weighted by atomic mass is 19.3. The van der Waals surface area contributed by atoms with Gasteiger partial charge in [0.1, 0.15) is 18.0 Å². The lowest BCUT2D eigenvalue weighted by Gasteiger charge is -2.40. The highest BCUT2D eigenvalue weighted by molar-refractivity contribution is 5.69. The Morgan fingerprint density at radius 2 is 2.06 bits per heavy atom. The number of aromatic nitrogens is 4. The first-order valence-electron chi connectivity index (χ1n) is 12.2. The van der Waals surface area contributed by atoms with Crippen molar-refractivity contribution < 1.29 is 28.2 Å². The van der Waals surface area contributed by atoms with Crippen molar-refractivity contribution in [1.82, 2.24) is 24.9 Å². The molecule has 1 aliphatic carbocycles. The SMILES string of the molecule is CCc1nc(-c2nnn(C)c2COC(=O)N(C)C2CC(F)(F)C2)ccc1N1CCCC(CC(=O)O)C1. The maximum atomic E-state index is 13.2. The van der Waals surface area contributed by atoms with E-state index in [1.165, 1.54) is 16.6 Å². The van der Waals surface area contributed by atoms with E-state index in [9.17, 15) is 23.5 Å². The Labute approximate surface area is 208 Å². The third kappa shape index (κ3) is 5.57. The van der Waals surface area contributed by atoms with Crippen LogP contribution in [-0.4, -0.2) is 74.1 Å². The number of aliphatic carboxylic acids is 1. The molecule has 2 aliphatic rings. The Balaban J connectivity index is 1.47. The third-order valence-corrected chi connectivity index (χ3v) is 7.03. The molecule has 36 heavy (non-hydrogen) atoms. The van der Waals surface area contributed by atoms with E-state index < -0.39 is 24.0 Å². The number of pyridine rings is 1. The van der Waals surface area contributed by atoms with Gasteiger partial charge < -0.3 is 19.6 Å². The fourth-order valence-corrected chi connectivity index (χ4v) is 4.89. The van der Waals surface area contributed by atoms with E-state index >= 15 is 0 Å². The molecule has 1 saturated carbocycles. The fourth-order valence-electron chi connectivity index (χ4n) is 4.89. The molecule has 1 atom stereocenters. The smallest absolute Gasteiger partial charge is 0.410 e. The summed E-state index contributed by atoms with van der Waals surface area (Å²) >= 11 is 0. The first-order chi connectivity index (χ1) is 17.1. The van der Waals surface area contributed by atoms with Crippen molar-refractivity contribution in [3.05, 3.63) is 23.5 Å². The first kappa shape index (κ1) is 25.8. The van der Waals surface area contributed by atoms with Crippen LogP contribution in [0.5, 0.6) is 0 Å². The molecule has 0 spiro atoms. The van der Waals surface area contributed by atoms with Gasteiger partial charge in [-0.2, -0.15) is 0 Å². The number of alkyl halides is 2. The van der Waals surface area contributed by atoms with Gasteiger partial charge in [-0.1, -0.05) is 12.1 Å². The molecule has 2 aromatic rings. The number of amides is 1. The molecule has 0 bridgehead atoms. The predicted octanol–water partition coefficient (Wildman–Crippen LogP) is 3.50. The highest BCUT2D eigenvalue weighted by Crippen LogP contribution is 2.40. The zero-order chi connectivity index (χ0) is 26.0. The van der Waals surface area contributed by atoms with Crippen LogP contribution in [0.3, 0.4) is 0 Å². The Kier molecular flexibility index (Phi) is 7.41. The summed E-state index contributed by atoms with van der Waals surface area (Å²) in [5, 5.41) is 17.5. The van der Waals surface area contributed by atoms with E-state index in [0.717, 1.165) is 30.8 Å². The lowest BCUT2D eigenvalue weighted by Crippen LogP contribution is -2.51. The van der Waals surface area contributed by atoms with Crippen molar-refractivity contribution in [2.45, 2.75) is 64.0 Å². The fraction of sp³-hybridized carbons (Fsp3) is 0.625. The lowest BCUT2D eigenvalue weighted by molar-refractivity contribution is -0.138. The number of hydrogen-bond acceptors (Lipinski definition) is 7. The topological polar surface area (TPSA) is 114 Å². The summed E-state index contributed by atoms with van der Waals surface area (Å²) in [5.74, 6) is -3.40. The summed E-state index contributed by atoms with van der Waals surface area (Å²) in [4.78, 5) is 31.8. The van der Waals surface area contributed by atoms with Crippen LogP contribution >= 0.6 is 0 Å². The van der Waals surface area contributed by atoms with Crippen LogP contribution in [0.25, 0.3) is 11.4 Å². The largest absolute Gasteiger partial charge is 0.481 e. The van der Waals surface area contributed by atoms with E-state index in [-0.39, 0.29) is 31.8 Å². The average molecular weight is 507 g/mol. The normalized spacial score (nSPS) is 19.6. The minimum Gasteiger partial charge on any atom is -0.481 e. The van der Waals surface area contributed by atoms with Gasteiger partial charge in [0.05, 0.1) is 17.1 Å². The lowest BCUT2D eigenvalue weighted by atomic mass is 9.87. The van der Waals surface area contributed by atoms with Gasteiger partial charge in [-0.15, -0.1) is 5.10 Å². The molecule has 2 aromatic heterocycles. The molecule has 4 rings (SSSR count). The summed E-state index contributed by atoms with van der Waals surface area (Å²) in [6.07, 6.45) is 1.25. The van der Waals surface area contributed by atoms with E-state index in [0.29, 0.717) is 30.0 Å². The van der Waals surface area contributed by atoms with Gasteiger partial charge in [0.25, 0.3) is 5.92 Å². The molecule has 2 fully saturated rings. The van der Waals surface area contributed by atoms with Crippen LogP contribution in [0.4, 0.5) is 19.3 Å². The molecule has 1 N–H and O–H groups in total.